The number of hydrogen-bond donors (Lipinski definition) is 0. The van der Waals surface area contributed by atoms with Crippen LogP contribution < -0.4 is 0 Å². The van der Waals surface area contributed by atoms with Gasteiger partial charge in [-0.15, -0.1) is 0 Å². The number of carbonyl (C=O) groups excluding carboxylic acids is 1. The second kappa shape index (κ2) is 5.40. The number of ketones is 1. The van der Waals surface area contributed by atoms with Crippen LogP contribution in [0.15, 0.2) is 10.8 Å². The number of Topliss-reactive ketones (excluding diaryl/α,β-unsaturated/α-hetero) is 1. The van der Waals surface area contributed by atoms with Gasteiger partial charge in [0.2, 0.25) is 0 Å². The summed E-state index contributed by atoms with van der Waals surface area (Å²) in [6.45, 7) is 0.686. The Bertz CT molecular complexity index is 419. The van der Waals surface area contributed by atoms with E-state index in [4.69, 9.17) is 4.74 Å². The Balaban J connectivity index is 1.98. The molecule has 0 N–H and O–H groups in total. The Kier molecular flexibility index (Phi) is 4.07. The Morgan fingerprint density at radius 1 is 1.44 bits per heavy atom. The molecule has 100 valence electrons. The summed E-state index contributed by atoms with van der Waals surface area (Å²) in [6, 6.07) is 0. The van der Waals surface area contributed by atoms with Gasteiger partial charge >= 0.3 is 6.18 Å². The smallest absolute Gasteiger partial charge is 0.378 e. The van der Waals surface area contributed by atoms with Gasteiger partial charge in [0.1, 0.15) is 0 Å². The predicted molar refractivity (Wildman–Crippen MR) is 61.9 cm³/mol. The third-order valence-electron chi connectivity index (χ3n) is 2.99. The van der Waals surface area contributed by atoms with Crippen molar-refractivity contribution in [1.82, 2.24) is 0 Å². The van der Waals surface area contributed by atoms with Crippen molar-refractivity contribution in [1.29, 1.82) is 0 Å². The molecule has 2 heterocycles. The molecule has 6 heteroatoms. The summed E-state index contributed by atoms with van der Waals surface area (Å²) in [5, 5.41) is 2.26. The van der Waals surface area contributed by atoms with Crippen LogP contribution in [-0.4, -0.2) is 18.5 Å². The lowest BCUT2D eigenvalue weighted by atomic mass is 10.0. The van der Waals surface area contributed by atoms with Gasteiger partial charge in [-0.05, 0) is 19.3 Å². The minimum absolute atomic E-state index is 0.0296. The van der Waals surface area contributed by atoms with Crippen LogP contribution in [0.1, 0.15) is 41.6 Å². The van der Waals surface area contributed by atoms with E-state index in [0.29, 0.717) is 13.0 Å². The van der Waals surface area contributed by atoms with Crippen molar-refractivity contribution in [3.63, 3.8) is 0 Å². The van der Waals surface area contributed by atoms with Crippen molar-refractivity contribution in [2.45, 2.75) is 38.0 Å². The van der Waals surface area contributed by atoms with Crippen LogP contribution in [0.5, 0.6) is 0 Å². The van der Waals surface area contributed by atoms with Gasteiger partial charge in [0.05, 0.1) is 11.7 Å². The molecule has 1 aliphatic heterocycles. The van der Waals surface area contributed by atoms with Crippen molar-refractivity contribution in [3.8, 4) is 0 Å². The van der Waals surface area contributed by atoms with Crippen molar-refractivity contribution < 1.29 is 22.7 Å². The van der Waals surface area contributed by atoms with Crippen LogP contribution in [0.2, 0.25) is 0 Å². The zero-order chi connectivity index (χ0) is 13.2. The first-order valence-electron chi connectivity index (χ1n) is 5.76. The van der Waals surface area contributed by atoms with E-state index in [2.05, 4.69) is 0 Å². The molecule has 0 saturated carbocycles. The van der Waals surface area contributed by atoms with E-state index in [1.165, 1.54) is 5.38 Å². The van der Waals surface area contributed by atoms with Gasteiger partial charge in [-0.3, -0.25) is 4.79 Å². The molecular weight excluding hydrogens is 265 g/mol. The average molecular weight is 278 g/mol. The van der Waals surface area contributed by atoms with Crippen molar-refractivity contribution in [2.75, 3.05) is 6.61 Å². The predicted octanol–water partition coefficient (Wildman–Crippen LogP) is 3.91. The van der Waals surface area contributed by atoms with Crippen molar-refractivity contribution in [3.05, 3.63) is 21.9 Å². The fourth-order valence-corrected chi connectivity index (χ4v) is 2.89. The molecule has 0 bridgehead atoms. The van der Waals surface area contributed by atoms with E-state index in [0.717, 1.165) is 29.6 Å². The fraction of sp³-hybridized carbons (Fsp3) is 0.583. The van der Waals surface area contributed by atoms with Crippen LogP contribution >= 0.6 is 11.3 Å². The van der Waals surface area contributed by atoms with Crippen LogP contribution in [0, 0.1) is 0 Å². The van der Waals surface area contributed by atoms with Crippen LogP contribution in [0.4, 0.5) is 13.2 Å². The summed E-state index contributed by atoms with van der Waals surface area (Å²) in [6.07, 6.45) is -1.94. The monoisotopic (exact) mass is 278 g/mol. The van der Waals surface area contributed by atoms with Crippen molar-refractivity contribution in [2.24, 2.45) is 0 Å². The third kappa shape index (κ3) is 3.11. The topological polar surface area (TPSA) is 26.3 Å². The number of carbonyl (C=O) groups is 1. The Morgan fingerprint density at radius 3 is 2.83 bits per heavy atom. The van der Waals surface area contributed by atoms with Crippen LogP contribution in [0.3, 0.4) is 0 Å². The lowest BCUT2D eigenvalue weighted by molar-refractivity contribution is -0.137. The van der Waals surface area contributed by atoms with Gasteiger partial charge in [0.15, 0.2) is 5.78 Å². The largest absolute Gasteiger partial charge is 0.417 e. The maximum absolute atomic E-state index is 12.6. The number of hydrogen-bond acceptors (Lipinski definition) is 3. The molecule has 2 rings (SSSR count). The molecule has 0 aromatic carbocycles. The highest BCUT2D eigenvalue weighted by Gasteiger charge is 2.35. The summed E-state index contributed by atoms with van der Waals surface area (Å²) in [5.74, 6) is -0.445. The minimum atomic E-state index is -4.45. The summed E-state index contributed by atoms with van der Waals surface area (Å²) in [5.41, 5.74) is -1.02. The maximum Gasteiger partial charge on any atom is 0.417 e. The molecule has 2 nitrogen and oxygen atoms in total. The molecule has 1 aliphatic rings. The first kappa shape index (κ1) is 13.5. The van der Waals surface area contributed by atoms with Gasteiger partial charge in [-0.25, -0.2) is 0 Å². The summed E-state index contributed by atoms with van der Waals surface area (Å²) < 4.78 is 43.2. The first-order chi connectivity index (χ1) is 8.48. The van der Waals surface area contributed by atoms with Crippen LogP contribution in [0.25, 0.3) is 0 Å². The Hall–Kier alpha value is -0.880. The molecule has 1 unspecified atom stereocenters. The highest BCUT2D eigenvalue weighted by atomic mass is 32.1. The highest BCUT2D eigenvalue weighted by molar-refractivity contribution is 7.08. The zero-order valence-corrected chi connectivity index (χ0v) is 10.4. The molecule has 1 atom stereocenters. The molecule has 0 amide bonds. The van der Waals surface area contributed by atoms with E-state index in [9.17, 15) is 18.0 Å². The quantitative estimate of drug-likeness (QED) is 0.781. The number of alkyl halides is 3. The molecule has 1 aromatic rings. The number of halogens is 3. The molecule has 1 fully saturated rings. The second-order valence-corrected chi connectivity index (χ2v) is 5.04. The summed E-state index contributed by atoms with van der Waals surface area (Å²) >= 11 is 0.907. The second-order valence-electron chi connectivity index (χ2n) is 4.29. The van der Waals surface area contributed by atoms with Gasteiger partial charge in [0, 0.05) is 29.4 Å². The Labute approximate surface area is 107 Å². The molecule has 0 spiro atoms. The van der Waals surface area contributed by atoms with Gasteiger partial charge < -0.3 is 4.74 Å². The SMILES string of the molecule is O=C(CCC1CCCO1)c1cscc1C(F)(F)F. The molecule has 1 aromatic heterocycles. The van der Waals surface area contributed by atoms with Crippen molar-refractivity contribution >= 4 is 17.1 Å². The van der Waals surface area contributed by atoms with Crippen LogP contribution in [-0.2, 0) is 10.9 Å². The fourth-order valence-electron chi connectivity index (χ4n) is 2.03. The van der Waals surface area contributed by atoms with E-state index in [-0.39, 0.29) is 18.1 Å². The summed E-state index contributed by atoms with van der Waals surface area (Å²) in [4.78, 5) is 11.8. The Morgan fingerprint density at radius 2 is 2.22 bits per heavy atom. The molecule has 0 aliphatic carbocycles. The molecular formula is C12H13F3O2S. The molecule has 18 heavy (non-hydrogen) atoms. The highest BCUT2D eigenvalue weighted by Crippen LogP contribution is 2.35. The van der Waals surface area contributed by atoms with Gasteiger partial charge in [-0.1, -0.05) is 0 Å². The molecule has 0 radical (unpaired) electrons. The number of ether oxygens (including phenoxy) is 1. The summed E-state index contributed by atoms with van der Waals surface area (Å²) in [7, 11) is 0. The lowest BCUT2D eigenvalue weighted by Crippen LogP contribution is -2.13. The normalized spacial score (nSPS) is 20.3. The van der Waals surface area contributed by atoms with Gasteiger partial charge in [-0.2, -0.15) is 24.5 Å². The van der Waals surface area contributed by atoms with E-state index in [1.54, 1.807) is 0 Å². The standard InChI is InChI=1S/C12H13F3O2S/c13-12(14,15)10-7-18-6-9(10)11(16)4-3-8-2-1-5-17-8/h6-8H,1-5H2. The number of rotatable bonds is 4. The van der Waals surface area contributed by atoms with E-state index < -0.39 is 17.5 Å². The van der Waals surface area contributed by atoms with E-state index in [1.807, 2.05) is 0 Å². The first-order valence-corrected chi connectivity index (χ1v) is 6.71. The number of thiophene rings is 1. The zero-order valence-electron chi connectivity index (χ0n) is 9.63. The third-order valence-corrected chi connectivity index (χ3v) is 3.73. The molecule has 1 saturated heterocycles. The minimum Gasteiger partial charge on any atom is -0.378 e. The lowest BCUT2D eigenvalue weighted by Gasteiger charge is -2.10. The average Bonchev–Trinajstić information content (AvgIpc) is 2.95. The maximum atomic E-state index is 12.6. The van der Waals surface area contributed by atoms with E-state index >= 15 is 0 Å². The van der Waals surface area contributed by atoms with Gasteiger partial charge in [0.25, 0.3) is 0 Å².